The van der Waals surface area contributed by atoms with Gasteiger partial charge in [0.1, 0.15) is 0 Å². The van der Waals surface area contributed by atoms with Crippen LogP contribution in [0.15, 0.2) is 40.2 Å². The SMILES string of the molecule is Cc1cccc(N(C)C(CN)c2ccc(Br)s2)c1. The van der Waals surface area contributed by atoms with Crippen LogP contribution < -0.4 is 10.6 Å². The Kier molecular flexibility index (Phi) is 4.43. The molecule has 96 valence electrons. The molecule has 0 radical (unpaired) electrons. The number of rotatable bonds is 4. The fraction of sp³-hybridized carbons (Fsp3) is 0.286. The normalized spacial score (nSPS) is 12.4. The fourth-order valence-electron chi connectivity index (χ4n) is 2.00. The summed E-state index contributed by atoms with van der Waals surface area (Å²) in [6, 6.07) is 12.9. The van der Waals surface area contributed by atoms with E-state index < -0.39 is 0 Å². The molecule has 1 unspecified atom stereocenters. The van der Waals surface area contributed by atoms with E-state index in [1.54, 1.807) is 11.3 Å². The molecule has 0 saturated carbocycles. The number of nitrogens with two attached hydrogens (primary N) is 1. The summed E-state index contributed by atoms with van der Waals surface area (Å²) in [6.07, 6.45) is 0. The summed E-state index contributed by atoms with van der Waals surface area (Å²) in [5.74, 6) is 0. The van der Waals surface area contributed by atoms with Crippen LogP contribution in [-0.2, 0) is 0 Å². The Morgan fingerprint density at radius 1 is 1.33 bits per heavy atom. The zero-order valence-corrected chi connectivity index (χ0v) is 13.0. The number of aryl methyl sites for hydroxylation is 1. The number of hydrogen-bond donors (Lipinski definition) is 1. The van der Waals surface area contributed by atoms with E-state index in [-0.39, 0.29) is 6.04 Å². The molecule has 2 aromatic rings. The predicted molar refractivity (Wildman–Crippen MR) is 83.4 cm³/mol. The van der Waals surface area contributed by atoms with Gasteiger partial charge in [-0.15, -0.1) is 11.3 Å². The number of nitrogens with zero attached hydrogens (tertiary/aromatic N) is 1. The Bertz CT molecular complexity index is 524. The van der Waals surface area contributed by atoms with Gasteiger partial charge in [0.2, 0.25) is 0 Å². The summed E-state index contributed by atoms with van der Waals surface area (Å²) in [4.78, 5) is 3.53. The molecule has 0 aliphatic carbocycles. The van der Waals surface area contributed by atoms with Crippen molar-refractivity contribution in [2.24, 2.45) is 5.73 Å². The van der Waals surface area contributed by atoms with Gasteiger partial charge in [0, 0.05) is 24.2 Å². The number of halogens is 1. The summed E-state index contributed by atoms with van der Waals surface area (Å²) < 4.78 is 1.15. The third kappa shape index (κ3) is 2.94. The standard InChI is InChI=1S/C14H17BrN2S/c1-10-4-3-5-11(8-10)17(2)12(9-16)13-6-7-14(15)18-13/h3-8,12H,9,16H2,1-2H3. The molecule has 0 spiro atoms. The third-order valence-electron chi connectivity index (χ3n) is 3.02. The van der Waals surface area contributed by atoms with Gasteiger partial charge in [0.25, 0.3) is 0 Å². The highest BCUT2D eigenvalue weighted by Gasteiger charge is 2.17. The highest BCUT2D eigenvalue weighted by molar-refractivity contribution is 9.11. The van der Waals surface area contributed by atoms with Crippen molar-refractivity contribution in [2.75, 3.05) is 18.5 Å². The predicted octanol–water partition coefficient (Wildman–Crippen LogP) is 3.96. The Hall–Kier alpha value is -0.840. The monoisotopic (exact) mass is 324 g/mol. The van der Waals surface area contributed by atoms with Gasteiger partial charge in [0.15, 0.2) is 0 Å². The van der Waals surface area contributed by atoms with Crippen LogP contribution in [0.2, 0.25) is 0 Å². The van der Waals surface area contributed by atoms with Gasteiger partial charge in [-0.25, -0.2) is 0 Å². The Morgan fingerprint density at radius 2 is 2.11 bits per heavy atom. The van der Waals surface area contributed by atoms with E-state index in [0.29, 0.717) is 6.54 Å². The molecule has 1 aromatic carbocycles. The van der Waals surface area contributed by atoms with E-state index >= 15 is 0 Å². The van der Waals surface area contributed by atoms with Gasteiger partial charge in [-0.05, 0) is 52.7 Å². The molecule has 0 saturated heterocycles. The van der Waals surface area contributed by atoms with Crippen molar-refractivity contribution in [2.45, 2.75) is 13.0 Å². The molecule has 0 fully saturated rings. The van der Waals surface area contributed by atoms with Gasteiger partial charge in [-0.1, -0.05) is 12.1 Å². The second-order valence-corrected chi connectivity index (χ2v) is 6.84. The van der Waals surface area contributed by atoms with Crippen molar-refractivity contribution in [3.63, 3.8) is 0 Å². The fourth-order valence-corrected chi connectivity index (χ4v) is 3.58. The van der Waals surface area contributed by atoms with Gasteiger partial charge in [-0.3, -0.25) is 0 Å². The quantitative estimate of drug-likeness (QED) is 0.922. The van der Waals surface area contributed by atoms with Crippen LogP contribution in [0.4, 0.5) is 5.69 Å². The summed E-state index contributed by atoms with van der Waals surface area (Å²) in [5, 5.41) is 0. The minimum absolute atomic E-state index is 0.225. The maximum absolute atomic E-state index is 5.94. The van der Waals surface area contributed by atoms with E-state index in [0.717, 1.165) is 3.79 Å². The molecular weight excluding hydrogens is 308 g/mol. The van der Waals surface area contributed by atoms with Crippen LogP contribution >= 0.6 is 27.3 Å². The smallest absolute Gasteiger partial charge is 0.0754 e. The van der Waals surface area contributed by atoms with E-state index in [1.165, 1.54) is 16.1 Å². The lowest BCUT2D eigenvalue weighted by Gasteiger charge is -2.28. The molecule has 2 rings (SSSR count). The molecular formula is C14H17BrN2S. The first-order valence-electron chi connectivity index (χ1n) is 5.86. The van der Waals surface area contributed by atoms with E-state index in [1.807, 2.05) is 0 Å². The van der Waals surface area contributed by atoms with Crippen molar-refractivity contribution in [3.05, 3.63) is 50.6 Å². The maximum Gasteiger partial charge on any atom is 0.0754 e. The van der Waals surface area contributed by atoms with Gasteiger partial charge in [-0.2, -0.15) is 0 Å². The minimum atomic E-state index is 0.225. The Morgan fingerprint density at radius 3 is 2.67 bits per heavy atom. The van der Waals surface area contributed by atoms with Gasteiger partial charge < -0.3 is 10.6 Å². The molecule has 1 atom stereocenters. The van der Waals surface area contributed by atoms with Gasteiger partial charge >= 0.3 is 0 Å². The summed E-state index contributed by atoms with van der Waals surface area (Å²) in [6.45, 7) is 2.72. The van der Waals surface area contributed by atoms with Crippen LogP contribution in [0.5, 0.6) is 0 Å². The molecule has 0 bridgehead atoms. The van der Waals surface area contributed by atoms with E-state index in [9.17, 15) is 0 Å². The highest BCUT2D eigenvalue weighted by atomic mass is 79.9. The summed E-state index contributed by atoms with van der Waals surface area (Å²) >= 11 is 5.25. The minimum Gasteiger partial charge on any atom is -0.365 e. The molecule has 1 aromatic heterocycles. The average molecular weight is 325 g/mol. The third-order valence-corrected chi connectivity index (χ3v) is 4.75. The summed E-state index contributed by atoms with van der Waals surface area (Å²) in [5.41, 5.74) is 8.41. The van der Waals surface area contributed by atoms with Crippen molar-refractivity contribution in [1.82, 2.24) is 0 Å². The van der Waals surface area contributed by atoms with Crippen LogP contribution in [0.3, 0.4) is 0 Å². The number of thiophene rings is 1. The van der Waals surface area contributed by atoms with E-state index in [4.69, 9.17) is 5.73 Å². The van der Waals surface area contributed by atoms with Crippen LogP contribution in [0, 0.1) is 6.92 Å². The zero-order chi connectivity index (χ0) is 13.1. The molecule has 2 nitrogen and oxygen atoms in total. The molecule has 4 heteroatoms. The lowest BCUT2D eigenvalue weighted by atomic mass is 10.1. The zero-order valence-electron chi connectivity index (χ0n) is 10.6. The van der Waals surface area contributed by atoms with Crippen molar-refractivity contribution in [3.8, 4) is 0 Å². The lowest BCUT2D eigenvalue weighted by Crippen LogP contribution is -2.29. The second-order valence-electron chi connectivity index (χ2n) is 4.34. The molecule has 1 heterocycles. The molecule has 18 heavy (non-hydrogen) atoms. The molecule has 0 amide bonds. The number of benzene rings is 1. The Balaban J connectivity index is 2.28. The van der Waals surface area contributed by atoms with Crippen molar-refractivity contribution in [1.29, 1.82) is 0 Å². The Labute approximate surface area is 121 Å². The van der Waals surface area contributed by atoms with Crippen molar-refractivity contribution < 1.29 is 0 Å². The molecule has 0 aliphatic heterocycles. The van der Waals surface area contributed by atoms with Crippen molar-refractivity contribution >= 4 is 33.0 Å². The first kappa shape index (κ1) is 13.6. The number of anilines is 1. The number of likely N-dealkylation sites (N-methyl/N-ethyl adjacent to an activating group) is 1. The molecule has 2 N–H and O–H groups in total. The number of hydrogen-bond acceptors (Lipinski definition) is 3. The first-order chi connectivity index (χ1) is 8.61. The highest BCUT2D eigenvalue weighted by Crippen LogP contribution is 2.32. The van der Waals surface area contributed by atoms with Gasteiger partial charge in [0.05, 0.1) is 9.83 Å². The lowest BCUT2D eigenvalue weighted by molar-refractivity contribution is 0.692. The van der Waals surface area contributed by atoms with Crippen LogP contribution in [-0.4, -0.2) is 13.6 Å². The van der Waals surface area contributed by atoms with Crippen LogP contribution in [0.25, 0.3) is 0 Å². The first-order valence-corrected chi connectivity index (χ1v) is 7.47. The van der Waals surface area contributed by atoms with Crippen LogP contribution in [0.1, 0.15) is 16.5 Å². The average Bonchev–Trinajstić information content (AvgIpc) is 2.76. The summed E-state index contributed by atoms with van der Waals surface area (Å²) in [7, 11) is 2.10. The molecule has 0 aliphatic rings. The maximum atomic E-state index is 5.94. The second kappa shape index (κ2) is 5.87. The van der Waals surface area contributed by atoms with E-state index in [2.05, 4.69) is 71.2 Å². The topological polar surface area (TPSA) is 29.3 Å². The largest absolute Gasteiger partial charge is 0.365 e.